The van der Waals surface area contributed by atoms with Gasteiger partial charge in [0.05, 0.1) is 11.4 Å². The quantitative estimate of drug-likeness (QED) is 0.715. The number of nitrogens with zero attached hydrogens (tertiary/aromatic N) is 3. The lowest BCUT2D eigenvalue weighted by atomic mass is 10.1. The number of benzene rings is 2. The van der Waals surface area contributed by atoms with Gasteiger partial charge in [0.1, 0.15) is 0 Å². The minimum atomic E-state index is -0.205. The SMILES string of the molecule is Cc1c(C(=O)N[C@@H](C)CCc2ccccc2)nnn1-c1ccc(Cl)cc1. The van der Waals surface area contributed by atoms with Crippen LogP contribution in [-0.4, -0.2) is 26.9 Å². The van der Waals surface area contributed by atoms with Crippen LogP contribution in [0.4, 0.5) is 0 Å². The molecule has 0 bridgehead atoms. The average molecular weight is 369 g/mol. The maximum Gasteiger partial charge on any atom is 0.273 e. The predicted octanol–water partition coefficient (Wildman–Crippen LogP) is 3.98. The molecule has 1 N–H and O–H groups in total. The van der Waals surface area contributed by atoms with Gasteiger partial charge in [-0.15, -0.1) is 5.10 Å². The Morgan fingerprint density at radius 2 is 1.85 bits per heavy atom. The van der Waals surface area contributed by atoms with E-state index in [9.17, 15) is 4.79 Å². The lowest BCUT2D eigenvalue weighted by molar-refractivity contribution is 0.0932. The van der Waals surface area contributed by atoms with Gasteiger partial charge in [0.2, 0.25) is 0 Å². The second-order valence-electron chi connectivity index (χ2n) is 6.31. The Kier molecular flexibility index (Phi) is 5.68. The number of rotatable bonds is 6. The molecule has 0 fully saturated rings. The van der Waals surface area contributed by atoms with Crippen LogP contribution >= 0.6 is 11.6 Å². The summed E-state index contributed by atoms with van der Waals surface area (Å²) in [5, 5.41) is 11.8. The van der Waals surface area contributed by atoms with Crippen molar-refractivity contribution in [2.45, 2.75) is 32.7 Å². The van der Waals surface area contributed by atoms with Crippen LogP contribution in [-0.2, 0) is 6.42 Å². The van der Waals surface area contributed by atoms with E-state index >= 15 is 0 Å². The normalized spacial score (nSPS) is 12.0. The van der Waals surface area contributed by atoms with Gasteiger partial charge in [0.15, 0.2) is 5.69 Å². The Bertz CT molecular complexity index is 875. The van der Waals surface area contributed by atoms with E-state index in [4.69, 9.17) is 11.6 Å². The molecule has 0 saturated carbocycles. The number of carbonyl (C=O) groups excluding carboxylic acids is 1. The molecule has 1 heterocycles. The average Bonchev–Trinajstić information content (AvgIpc) is 3.03. The summed E-state index contributed by atoms with van der Waals surface area (Å²) in [5.41, 5.74) is 3.11. The van der Waals surface area contributed by atoms with Crippen LogP contribution in [0, 0.1) is 6.92 Å². The summed E-state index contributed by atoms with van der Waals surface area (Å²) in [5.74, 6) is -0.205. The molecule has 26 heavy (non-hydrogen) atoms. The molecule has 1 atom stereocenters. The van der Waals surface area contributed by atoms with Gasteiger partial charge in [-0.3, -0.25) is 4.79 Å². The topological polar surface area (TPSA) is 59.8 Å². The largest absolute Gasteiger partial charge is 0.348 e. The van der Waals surface area contributed by atoms with Crippen molar-refractivity contribution in [3.05, 3.63) is 76.6 Å². The number of nitrogens with one attached hydrogen (secondary N) is 1. The van der Waals surface area contributed by atoms with Gasteiger partial charge in [-0.2, -0.15) is 0 Å². The Hall–Kier alpha value is -2.66. The molecule has 0 aliphatic carbocycles. The van der Waals surface area contributed by atoms with Gasteiger partial charge < -0.3 is 5.32 Å². The predicted molar refractivity (Wildman–Crippen MR) is 103 cm³/mol. The van der Waals surface area contributed by atoms with E-state index in [0.29, 0.717) is 16.4 Å². The molecule has 5 nitrogen and oxygen atoms in total. The summed E-state index contributed by atoms with van der Waals surface area (Å²) >= 11 is 5.92. The third kappa shape index (κ3) is 4.29. The van der Waals surface area contributed by atoms with E-state index in [1.165, 1.54) is 5.56 Å². The third-order valence-corrected chi connectivity index (χ3v) is 4.52. The van der Waals surface area contributed by atoms with Crippen LogP contribution < -0.4 is 5.32 Å². The van der Waals surface area contributed by atoms with Crippen molar-refractivity contribution in [1.82, 2.24) is 20.3 Å². The van der Waals surface area contributed by atoms with Crippen LogP contribution in [0.5, 0.6) is 0 Å². The lowest BCUT2D eigenvalue weighted by Gasteiger charge is -2.13. The second-order valence-corrected chi connectivity index (χ2v) is 6.75. The molecule has 1 amide bonds. The van der Waals surface area contributed by atoms with Crippen LogP contribution in [0.25, 0.3) is 5.69 Å². The zero-order valence-electron chi connectivity index (χ0n) is 14.8. The highest BCUT2D eigenvalue weighted by Crippen LogP contribution is 2.16. The number of aromatic nitrogens is 3. The number of amides is 1. The molecule has 1 aromatic heterocycles. The molecule has 0 radical (unpaired) electrons. The first-order valence-electron chi connectivity index (χ1n) is 8.57. The minimum Gasteiger partial charge on any atom is -0.348 e. The standard InChI is InChI=1S/C20H21ClN4O/c1-14(8-9-16-6-4-3-5-7-16)22-20(26)19-15(2)25(24-23-19)18-12-10-17(21)11-13-18/h3-7,10-14H,8-9H2,1-2H3,(H,22,26)/t14-/m0/s1. The number of aryl methyl sites for hydroxylation is 1. The van der Waals surface area contributed by atoms with Crippen molar-refractivity contribution in [2.24, 2.45) is 0 Å². The maximum atomic E-state index is 12.5. The maximum absolute atomic E-state index is 12.5. The van der Waals surface area contributed by atoms with Gasteiger partial charge in [0, 0.05) is 11.1 Å². The molecule has 134 valence electrons. The third-order valence-electron chi connectivity index (χ3n) is 4.27. The summed E-state index contributed by atoms with van der Waals surface area (Å²) in [6, 6.07) is 17.5. The van der Waals surface area contributed by atoms with Crippen molar-refractivity contribution in [2.75, 3.05) is 0 Å². The van der Waals surface area contributed by atoms with Crippen molar-refractivity contribution < 1.29 is 4.79 Å². The molecule has 0 aliphatic rings. The Labute approximate surface area is 158 Å². The van der Waals surface area contributed by atoms with Gasteiger partial charge in [-0.05, 0) is 56.5 Å². The fraction of sp³-hybridized carbons (Fsp3) is 0.250. The molecule has 3 rings (SSSR count). The lowest BCUT2D eigenvalue weighted by Crippen LogP contribution is -2.33. The Morgan fingerprint density at radius 3 is 2.54 bits per heavy atom. The van der Waals surface area contributed by atoms with Crippen LogP contribution in [0.1, 0.15) is 35.1 Å². The summed E-state index contributed by atoms with van der Waals surface area (Å²) in [4.78, 5) is 12.5. The smallest absolute Gasteiger partial charge is 0.273 e. The van der Waals surface area contributed by atoms with E-state index in [1.54, 1.807) is 16.8 Å². The van der Waals surface area contributed by atoms with Gasteiger partial charge in [-0.1, -0.05) is 47.1 Å². The fourth-order valence-electron chi connectivity index (χ4n) is 2.76. The summed E-state index contributed by atoms with van der Waals surface area (Å²) in [6.45, 7) is 3.83. The number of hydrogen-bond donors (Lipinski definition) is 1. The van der Waals surface area contributed by atoms with E-state index in [1.807, 2.05) is 44.2 Å². The highest BCUT2D eigenvalue weighted by Gasteiger charge is 2.18. The first-order chi connectivity index (χ1) is 12.5. The van der Waals surface area contributed by atoms with Gasteiger partial charge in [0.25, 0.3) is 5.91 Å². The fourth-order valence-corrected chi connectivity index (χ4v) is 2.88. The molecule has 0 spiro atoms. The van der Waals surface area contributed by atoms with Crippen molar-refractivity contribution >= 4 is 17.5 Å². The molecule has 0 unspecified atom stereocenters. The molecular weight excluding hydrogens is 348 g/mol. The number of carbonyl (C=O) groups is 1. The van der Waals surface area contributed by atoms with Crippen LogP contribution in [0.15, 0.2) is 54.6 Å². The highest BCUT2D eigenvalue weighted by atomic mass is 35.5. The zero-order valence-corrected chi connectivity index (χ0v) is 15.6. The summed E-state index contributed by atoms with van der Waals surface area (Å²) < 4.78 is 1.64. The van der Waals surface area contributed by atoms with Crippen LogP contribution in [0.2, 0.25) is 5.02 Å². The van der Waals surface area contributed by atoms with Gasteiger partial charge >= 0.3 is 0 Å². The van der Waals surface area contributed by atoms with E-state index in [2.05, 4.69) is 27.8 Å². The minimum absolute atomic E-state index is 0.0442. The summed E-state index contributed by atoms with van der Waals surface area (Å²) in [6.07, 6.45) is 1.78. The summed E-state index contributed by atoms with van der Waals surface area (Å²) in [7, 11) is 0. The molecule has 2 aromatic carbocycles. The second kappa shape index (κ2) is 8.15. The Balaban J connectivity index is 1.63. The first-order valence-corrected chi connectivity index (χ1v) is 8.95. The zero-order chi connectivity index (χ0) is 18.5. The van der Waals surface area contributed by atoms with Crippen molar-refractivity contribution in [3.63, 3.8) is 0 Å². The monoisotopic (exact) mass is 368 g/mol. The van der Waals surface area contributed by atoms with Gasteiger partial charge in [-0.25, -0.2) is 4.68 Å². The molecule has 6 heteroatoms. The highest BCUT2D eigenvalue weighted by molar-refractivity contribution is 6.30. The number of halogens is 1. The Morgan fingerprint density at radius 1 is 1.15 bits per heavy atom. The van der Waals surface area contributed by atoms with Crippen LogP contribution in [0.3, 0.4) is 0 Å². The molecule has 0 aliphatic heterocycles. The van der Waals surface area contributed by atoms with E-state index in [-0.39, 0.29) is 11.9 Å². The first kappa shape index (κ1) is 18.1. The number of hydrogen-bond acceptors (Lipinski definition) is 3. The van der Waals surface area contributed by atoms with Crippen molar-refractivity contribution in [3.8, 4) is 5.69 Å². The molecule has 0 saturated heterocycles. The molecular formula is C20H21ClN4O. The van der Waals surface area contributed by atoms with Crippen molar-refractivity contribution in [1.29, 1.82) is 0 Å². The van der Waals surface area contributed by atoms with E-state index < -0.39 is 0 Å². The molecule has 3 aromatic rings. The van der Waals surface area contributed by atoms with E-state index in [0.717, 1.165) is 18.5 Å².